The Balaban J connectivity index is 1.68. The van der Waals surface area contributed by atoms with Crippen LogP contribution in [-0.2, 0) is 0 Å². The van der Waals surface area contributed by atoms with Gasteiger partial charge >= 0.3 is 11.9 Å². The van der Waals surface area contributed by atoms with Crippen molar-refractivity contribution in [3.05, 3.63) is 82.9 Å². The molecule has 0 fully saturated rings. The number of ether oxygens (including phenoxy) is 2. The van der Waals surface area contributed by atoms with Crippen LogP contribution in [0.3, 0.4) is 0 Å². The van der Waals surface area contributed by atoms with Crippen molar-refractivity contribution in [3.8, 4) is 23.0 Å². The van der Waals surface area contributed by atoms with Crippen LogP contribution in [0.1, 0.15) is 41.4 Å². The molecule has 0 spiro atoms. The van der Waals surface area contributed by atoms with Crippen LogP contribution in [0.15, 0.2) is 60.7 Å². The van der Waals surface area contributed by atoms with Gasteiger partial charge in [0.05, 0.1) is 22.3 Å². The molecule has 3 aromatic carbocycles. The molecule has 0 radical (unpaired) electrons. The van der Waals surface area contributed by atoms with Gasteiger partial charge in [0.15, 0.2) is 12.6 Å². The lowest BCUT2D eigenvalue weighted by atomic mass is 10.1. The molecule has 0 aliphatic carbocycles. The molecule has 0 heterocycles. The van der Waals surface area contributed by atoms with Crippen LogP contribution < -0.4 is 9.47 Å². The van der Waals surface area contributed by atoms with Gasteiger partial charge < -0.3 is 19.7 Å². The third kappa shape index (κ3) is 4.50. The van der Waals surface area contributed by atoms with Crippen LogP contribution in [0.4, 0.5) is 0 Å². The number of hydrogen-bond acceptors (Lipinski definition) is 8. The summed E-state index contributed by atoms with van der Waals surface area (Å²) in [4.78, 5) is 46.1. The zero-order chi connectivity index (χ0) is 21.7. The Bertz CT molecular complexity index is 1130. The van der Waals surface area contributed by atoms with Crippen molar-refractivity contribution in [2.24, 2.45) is 0 Å². The number of rotatable bonds is 6. The maximum Gasteiger partial charge on any atom is 0.343 e. The van der Waals surface area contributed by atoms with Crippen LogP contribution in [0.2, 0.25) is 0 Å². The van der Waals surface area contributed by atoms with Crippen LogP contribution in [0.5, 0.6) is 23.0 Å². The van der Waals surface area contributed by atoms with Gasteiger partial charge in [-0.05, 0) is 60.7 Å². The molecule has 0 atom stereocenters. The second kappa shape index (κ2) is 8.70. The summed E-state index contributed by atoms with van der Waals surface area (Å²) < 4.78 is 10.3. The number of aromatic hydroxyl groups is 2. The van der Waals surface area contributed by atoms with Crippen LogP contribution >= 0.6 is 0 Å². The molecule has 150 valence electrons. The zero-order valence-corrected chi connectivity index (χ0v) is 15.3. The van der Waals surface area contributed by atoms with Crippen molar-refractivity contribution in [3.63, 3.8) is 0 Å². The summed E-state index contributed by atoms with van der Waals surface area (Å²) in [6, 6.07) is 13.0. The van der Waals surface area contributed by atoms with Crippen molar-refractivity contribution in [2.75, 3.05) is 0 Å². The second-order valence-electron chi connectivity index (χ2n) is 6.03. The second-order valence-corrected chi connectivity index (χ2v) is 6.03. The summed E-state index contributed by atoms with van der Waals surface area (Å²) in [6.45, 7) is 0. The average molecular weight is 406 g/mol. The fourth-order valence-electron chi connectivity index (χ4n) is 2.46. The molecular weight excluding hydrogens is 392 g/mol. The number of phenolic OH excluding ortho intramolecular Hbond substituents is 2. The lowest BCUT2D eigenvalue weighted by Gasteiger charge is -2.08. The van der Waals surface area contributed by atoms with E-state index in [-0.39, 0.29) is 45.3 Å². The van der Waals surface area contributed by atoms with Crippen molar-refractivity contribution in [1.29, 1.82) is 0 Å². The minimum absolute atomic E-state index is 0.0190. The lowest BCUT2D eigenvalue weighted by molar-refractivity contribution is 0.0730. The number of carbonyl (C=O) groups is 4. The SMILES string of the molecule is O=Cc1cc(OC(=O)c2ccc(OC(=O)c3ccc(O)c(C=O)c3)cc2)ccc1O. The maximum atomic E-state index is 12.2. The third-order valence-corrected chi connectivity index (χ3v) is 4.03. The highest BCUT2D eigenvalue weighted by Crippen LogP contribution is 2.23. The van der Waals surface area contributed by atoms with E-state index in [1.165, 1.54) is 60.7 Å². The van der Waals surface area contributed by atoms with Crippen molar-refractivity contribution >= 4 is 24.5 Å². The molecule has 30 heavy (non-hydrogen) atoms. The Morgan fingerprint density at radius 3 is 1.73 bits per heavy atom. The number of phenols is 2. The molecule has 0 aromatic heterocycles. The monoisotopic (exact) mass is 406 g/mol. The number of carbonyl (C=O) groups excluding carboxylic acids is 4. The van der Waals surface area contributed by atoms with E-state index in [9.17, 15) is 29.4 Å². The maximum absolute atomic E-state index is 12.2. The van der Waals surface area contributed by atoms with E-state index in [0.717, 1.165) is 0 Å². The molecule has 2 N–H and O–H groups in total. The van der Waals surface area contributed by atoms with Gasteiger partial charge in [-0.15, -0.1) is 0 Å². The summed E-state index contributed by atoms with van der Waals surface area (Å²) in [6.07, 6.45) is 0.848. The molecule has 0 aliphatic rings. The largest absolute Gasteiger partial charge is 0.507 e. The first kappa shape index (κ1) is 20.3. The highest BCUT2D eigenvalue weighted by molar-refractivity contribution is 5.94. The van der Waals surface area contributed by atoms with Crippen LogP contribution in [0, 0.1) is 0 Å². The molecule has 0 unspecified atom stereocenters. The van der Waals surface area contributed by atoms with Gasteiger partial charge in [-0.2, -0.15) is 0 Å². The van der Waals surface area contributed by atoms with Gasteiger partial charge in [0.2, 0.25) is 0 Å². The summed E-state index contributed by atoms with van der Waals surface area (Å²) >= 11 is 0. The first-order chi connectivity index (χ1) is 14.4. The molecule has 0 bridgehead atoms. The van der Waals surface area contributed by atoms with Crippen molar-refractivity contribution in [2.45, 2.75) is 0 Å². The molecular formula is C22H14O8. The molecule has 8 heteroatoms. The third-order valence-electron chi connectivity index (χ3n) is 4.03. The predicted octanol–water partition coefficient (Wildman–Crippen LogP) is 3.16. The number of esters is 2. The molecule has 3 rings (SSSR count). The van der Waals surface area contributed by atoms with E-state index < -0.39 is 11.9 Å². The average Bonchev–Trinajstić information content (AvgIpc) is 2.75. The van der Waals surface area contributed by atoms with Gasteiger partial charge in [0, 0.05) is 0 Å². The van der Waals surface area contributed by atoms with E-state index in [1.807, 2.05) is 0 Å². The Kier molecular flexibility index (Phi) is 5.88. The smallest absolute Gasteiger partial charge is 0.343 e. The molecule has 0 saturated carbocycles. The summed E-state index contributed by atoms with van der Waals surface area (Å²) in [5.74, 6) is -1.73. The van der Waals surface area contributed by atoms with Gasteiger partial charge in [-0.25, -0.2) is 9.59 Å². The van der Waals surface area contributed by atoms with E-state index in [2.05, 4.69) is 0 Å². The molecule has 8 nitrogen and oxygen atoms in total. The van der Waals surface area contributed by atoms with Crippen LogP contribution in [-0.4, -0.2) is 34.7 Å². The minimum atomic E-state index is -0.751. The van der Waals surface area contributed by atoms with E-state index >= 15 is 0 Å². The summed E-state index contributed by atoms with van der Waals surface area (Å²) in [7, 11) is 0. The predicted molar refractivity (Wildman–Crippen MR) is 103 cm³/mol. The fourth-order valence-corrected chi connectivity index (χ4v) is 2.46. The van der Waals surface area contributed by atoms with Gasteiger partial charge in [-0.1, -0.05) is 0 Å². The lowest BCUT2D eigenvalue weighted by Crippen LogP contribution is -2.10. The first-order valence-corrected chi connectivity index (χ1v) is 8.52. The highest BCUT2D eigenvalue weighted by atomic mass is 16.5. The van der Waals surface area contributed by atoms with Gasteiger partial charge in [-0.3, -0.25) is 9.59 Å². The number of aldehydes is 2. The number of hydrogen-bond donors (Lipinski definition) is 2. The Morgan fingerprint density at radius 1 is 0.633 bits per heavy atom. The summed E-state index contributed by atoms with van der Waals surface area (Å²) in [5, 5.41) is 19.0. The normalized spacial score (nSPS) is 10.1. The van der Waals surface area contributed by atoms with Crippen molar-refractivity contribution in [1.82, 2.24) is 0 Å². The minimum Gasteiger partial charge on any atom is -0.507 e. The summed E-state index contributed by atoms with van der Waals surface area (Å²) in [5.41, 5.74) is 0.157. The van der Waals surface area contributed by atoms with Crippen molar-refractivity contribution < 1.29 is 38.9 Å². The van der Waals surface area contributed by atoms with Gasteiger partial charge in [0.25, 0.3) is 0 Å². The zero-order valence-electron chi connectivity index (χ0n) is 15.3. The molecule has 0 amide bonds. The van der Waals surface area contributed by atoms with Crippen LogP contribution in [0.25, 0.3) is 0 Å². The standard InChI is InChI=1S/C22H14O8/c23-11-15-9-14(3-7-19(15)25)22(28)29-17-4-1-13(2-5-17)21(27)30-18-6-8-20(26)16(10-18)12-24/h1-12,25-26H. The molecule has 0 aliphatic heterocycles. The van der Waals surface area contributed by atoms with E-state index in [4.69, 9.17) is 9.47 Å². The number of benzene rings is 3. The molecule has 0 saturated heterocycles. The van der Waals surface area contributed by atoms with Gasteiger partial charge in [0.1, 0.15) is 23.0 Å². The van der Waals surface area contributed by atoms with E-state index in [0.29, 0.717) is 12.6 Å². The Hall–Kier alpha value is -4.46. The topological polar surface area (TPSA) is 127 Å². The quantitative estimate of drug-likeness (QED) is 0.363. The Morgan fingerprint density at radius 2 is 1.10 bits per heavy atom. The fraction of sp³-hybridized carbons (Fsp3) is 0. The highest BCUT2D eigenvalue weighted by Gasteiger charge is 2.14. The van der Waals surface area contributed by atoms with E-state index in [1.54, 1.807) is 0 Å². The first-order valence-electron chi connectivity index (χ1n) is 8.52. The Labute approximate surface area is 169 Å². The molecule has 3 aromatic rings.